The number of aromatic nitrogens is 1. The van der Waals surface area contributed by atoms with Gasteiger partial charge in [0.15, 0.2) is 0 Å². The van der Waals surface area contributed by atoms with Crippen LogP contribution >= 0.6 is 15.9 Å². The molecule has 0 saturated carbocycles. The lowest BCUT2D eigenvalue weighted by molar-refractivity contribution is 0.627. The van der Waals surface area contributed by atoms with Crippen LogP contribution in [0, 0.1) is 5.82 Å². The number of halogens is 2. The van der Waals surface area contributed by atoms with E-state index in [0.717, 1.165) is 0 Å². The number of benzene rings is 1. The molecule has 2 rings (SSSR count). The second-order valence-electron chi connectivity index (χ2n) is 3.42. The van der Waals surface area contributed by atoms with Gasteiger partial charge in [-0.2, -0.15) is 0 Å². The van der Waals surface area contributed by atoms with Crippen molar-refractivity contribution >= 4 is 38.9 Å². The molecule has 0 aliphatic carbocycles. The van der Waals surface area contributed by atoms with E-state index in [-0.39, 0.29) is 11.6 Å². The molecule has 17 heavy (non-hydrogen) atoms. The Kier molecular flexibility index (Phi) is 3.14. The number of pyridine rings is 1. The summed E-state index contributed by atoms with van der Waals surface area (Å²) in [4.78, 5) is 4.06. The first-order valence-corrected chi connectivity index (χ1v) is 5.59. The van der Waals surface area contributed by atoms with E-state index in [1.807, 2.05) is 0 Å². The summed E-state index contributed by atoms with van der Waals surface area (Å²) in [6, 6.07) is 7.67. The summed E-state index contributed by atoms with van der Waals surface area (Å²) in [5.74, 6) is 0.490. The number of nitrogen functional groups attached to an aromatic ring is 2. The minimum Gasteiger partial charge on any atom is -0.396 e. The van der Waals surface area contributed by atoms with Gasteiger partial charge in [0.05, 0.1) is 11.4 Å². The summed E-state index contributed by atoms with van der Waals surface area (Å²) >= 11 is 3.25. The SMILES string of the molecule is Nc1ccc(Nc2ccc(F)cc2Br)nc1N. The van der Waals surface area contributed by atoms with Crippen molar-refractivity contribution in [3.63, 3.8) is 0 Å². The Hall–Kier alpha value is -1.82. The molecule has 4 nitrogen and oxygen atoms in total. The van der Waals surface area contributed by atoms with Gasteiger partial charge in [-0.1, -0.05) is 0 Å². The third-order valence-electron chi connectivity index (χ3n) is 2.15. The number of rotatable bonds is 2. The van der Waals surface area contributed by atoms with Gasteiger partial charge in [0.2, 0.25) is 0 Å². The molecule has 0 amide bonds. The van der Waals surface area contributed by atoms with Gasteiger partial charge in [-0.05, 0) is 46.3 Å². The quantitative estimate of drug-likeness (QED) is 0.796. The number of nitrogens with two attached hydrogens (primary N) is 2. The molecule has 88 valence electrons. The van der Waals surface area contributed by atoms with Crippen molar-refractivity contribution in [2.45, 2.75) is 0 Å². The maximum Gasteiger partial charge on any atom is 0.149 e. The van der Waals surface area contributed by atoms with Crippen LogP contribution in [0.3, 0.4) is 0 Å². The fraction of sp³-hybridized carbons (Fsp3) is 0. The predicted molar refractivity (Wildman–Crippen MR) is 70.4 cm³/mol. The van der Waals surface area contributed by atoms with Crippen molar-refractivity contribution in [1.82, 2.24) is 4.98 Å². The molecule has 0 aliphatic rings. The molecule has 0 bridgehead atoms. The van der Waals surface area contributed by atoms with E-state index in [9.17, 15) is 4.39 Å². The minimum atomic E-state index is -0.313. The normalized spacial score (nSPS) is 10.2. The van der Waals surface area contributed by atoms with E-state index < -0.39 is 0 Å². The van der Waals surface area contributed by atoms with Crippen LogP contribution in [0.1, 0.15) is 0 Å². The molecule has 0 fully saturated rings. The summed E-state index contributed by atoms with van der Waals surface area (Å²) in [7, 11) is 0. The smallest absolute Gasteiger partial charge is 0.149 e. The average molecular weight is 297 g/mol. The molecule has 1 aromatic carbocycles. The highest BCUT2D eigenvalue weighted by Crippen LogP contribution is 2.26. The number of hydrogen-bond donors (Lipinski definition) is 3. The Labute approximate surface area is 106 Å². The van der Waals surface area contributed by atoms with E-state index in [4.69, 9.17) is 11.5 Å². The largest absolute Gasteiger partial charge is 0.396 e. The zero-order valence-corrected chi connectivity index (χ0v) is 10.3. The van der Waals surface area contributed by atoms with E-state index >= 15 is 0 Å². The fourth-order valence-electron chi connectivity index (χ4n) is 1.28. The third kappa shape index (κ3) is 2.65. The highest BCUT2D eigenvalue weighted by atomic mass is 79.9. The van der Waals surface area contributed by atoms with E-state index in [1.54, 1.807) is 18.2 Å². The molecular weight excluding hydrogens is 287 g/mol. The molecule has 1 aromatic heterocycles. The van der Waals surface area contributed by atoms with Gasteiger partial charge in [-0.25, -0.2) is 9.37 Å². The van der Waals surface area contributed by atoms with Crippen molar-refractivity contribution in [1.29, 1.82) is 0 Å². The van der Waals surface area contributed by atoms with Gasteiger partial charge in [0.1, 0.15) is 17.5 Å². The highest BCUT2D eigenvalue weighted by Gasteiger charge is 2.04. The van der Waals surface area contributed by atoms with Gasteiger partial charge in [-0.15, -0.1) is 0 Å². The summed E-state index contributed by atoms with van der Waals surface area (Å²) < 4.78 is 13.5. The Balaban J connectivity index is 2.28. The molecule has 0 atom stereocenters. The summed E-state index contributed by atoms with van der Waals surface area (Å²) in [5, 5.41) is 3.01. The van der Waals surface area contributed by atoms with Gasteiger partial charge in [0, 0.05) is 4.47 Å². The van der Waals surface area contributed by atoms with Crippen LogP contribution in [0.25, 0.3) is 0 Å². The third-order valence-corrected chi connectivity index (χ3v) is 2.81. The van der Waals surface area contributed by atoms with Crippen molar-refractivity contribution in [2.75, 3.05) is 16.8 Å². The average Bonchev–Trinajstić information content (AvgIpc) is 2.27. The second kappa shape index (κ2) is 4.58. The second-order valence-corrected chi connectivity index (χ2v) is 4.27. The highest BCUT2D eigenvalue weighted by molar-refractivity contribution is 9.10. The first-order chi connectivity index (χ1) is 8.06. The van der Waals surface area contributed by atoms with Crippen LogP contribution in [0.4, 0.5) is 27.4 Å². The summed E-state index contributed by atoms with van der Waals surface area (Å²) in [6.07, 6.45) is 0. The van der Waals surface area contributed by atoms with Crippen molar-refractivity contribution in [3.05, 3.63) is 40.6 Å². The number of anilines is 4. The van der Waals surface area contributed by atoms with E-state index in [2.05, 4.69) is 26.2 Å². The molecule has 0 saturated heterocycles. The Morgan fingerprint density at radius 2 is 1.94 bits per heavy atom. The Morgan fingerprint density at radius 1 is 1.18 bits per heavy atom. The first kappa shape index (κ1) is 11.7. The fourth-order valence-corrected chi connectivity index (χ4v) is 1.73. The lowest BCUT2D eigenvalue weighted by Gasteiger charge is -2.09. The molecule has 0 aliphatic heterocycles. The van der Waals surface area contributed by atoms with Crippen molar-refractivity contribution < 1.29 is 4.39 Å². The summed E-state index contributed by atoms with van der Waals surface area (Å²) in [6.45, 7) is 0. The van der Waals surface area contributed by atoms with Gasteiger partial charge < -0.3 is 16.8 Å². The van der Waals surface area contributed by atoms with Gasteiger partial charge in [-0.3, -0.25) is 0 Å². The standard InChI is InChI=1S/C11H10BrFN4/c12-7-5-6(13)1-3-9(7)16-10-4-2-8(14)11(15)17-10/h1-5H,14H2,(H3,15,16,17). The first-order valence-electron chi connectivity index (χ1n) is 4.80. The maximum atomic E-state index is 12.9. The number of nitrogens with one attached hydrogen (secondary N) is 1. The predicted octanol–water partition coefficient (Wildman–Crippen LogP) is 2.89. The van der Waals surface area contributed by atoms with Crippen LogP contribution in [0.5, 0.6) is 0 Å². The van der Waals surface area contributed by atoms with Crippen LogP contribution < -0.4 is 16.8 Å². The lowest BCUT2D eigenvalue weighted by Crippen LogP contribution is -2.01. The van der Waals surface area contributed by atoms with Crippen LogP contribution in [-0.2, 0) is 0 Å². The van der Waals surface area contributed by atoms with Crippen LogP contribution in [-0.4, -0.2) is 4.98 Å². The molecular formula is C11H10BrFN4. The van der Waals surface area contributed by atoms with Crippen LogP contribution in [0.2, 0.25) is 0 Å². The van der Waals surface area contributed by atoms with Gasteiger partial charge >= 0.3 is 0 Å². The number of nitrogens with zero attached hydrogens (tertiary/aromatic N) is 1. The summed E-state index contributed by atoms with van der Waals surface area (Å²) in [5.41, 5.74) is 12.3. The van der Waals surface area contributed by atoms with Crippen molar-refractivity contribution in [3.8, 4) is 0 Å². The zero-order valence-electron chi connectivity index (χ0n) is 8.74. The topological polar surface area (TPSA) is 77.0 Å². The van der Waals surface area contributed by atoms with Crippen molar-refractivity contribution in [2.24, 2.45) is 0 Å². The molecule has 6 heteroatoms. The molecule has 1 heterocycles. The molecule has 0 radical (unpaired) electrons. The lowest BCUT2D eigenvalue weighted by atomic mass is 10.3. The Bertz CT molecular complexity index is 559. The monoisotopic (exact) mass is 296 g/mol. The molecule has 0 spiro atoms. The molecule has 2 aromatic rings. The van der Waals surface area contributed by atoms with Crippen LogP contribution in [0.15, 0.2) is 34.8 Å². The number of hydrogen-bond acceptors (Lipinski definition) is 4. The van der Waals surface area contributed by atoms with E-state index in [0.29, 0.717) is 21.7 Å². The maximum absolute atomic E-state index is 12.9. The molecule has 5 N–H and O–H groups in total. The van der Waals surface area contributed by atoms with E-state index in [1.165, 1.54) is 12.1 Å². The van der Waals surface area contributed by atoms with Gasteiger partial charge in [0.25, 0.3) is 0 Å². The minimum absolute atomic E-state index is 0.258. The zero-order chi connectivity index (χ0) is 12.4. The Morgan fingerprint density at radius 3 is 2.59 bits per heavy atom. The molecule has 0 unspecified atom stereocenters.